The minimum atomic E-state index is -3.98. The standard InChI is InChI=1S/C25H28N6O6S2/c1-14-8-20-21(12-27-14)38-24(28-20)25(34)31-7-6-30(13-18(31)11-22(32)33)39(36,37)19-5-4-15-9-17(23(26)29-35)3-2-16(15)10-19/h2-5,9-10,14,18,27,35H,6-8,11-13H2,1H3,(H2,26,29)(H,32,33). The monoisotopic (exact) mass is 572 g/mol. The average Bonchev–Trinajstić information content (AvgIpc) is 3.34. The second kappa shape index (κ2) is 10.5. The maximum atomic E-state index is 13.6. The highest BCUT2D eigenvalue weighted by Gasteiger charge is 2.39. The summed E-state index contributed by atoms with van der Waals surface area (Å²) in [4.78, 5) is 32.1. The molecule has 0 aliphatic carbocycles. The van der Waals surface area contributed by atoms with Crippen LogP contribution in [0.3, 0.4) is 0 Å². The number of hydrogen-bond acceptors (Lipinski definition) is 9. The van der Waals surface area contributed by atoms with Crippen molar-refractivity contribution in [3.63, 3.8) is 0 Å². The number of carboxylic acids is 1. The van der Waals surface area contributed by atoms with E-state index in [1.165, 1.54) is 32.7 Å². The van der Waals surface area contributed by atoms with Gasteiger partial charge in [-0.1, -0.05) is 23.4 Å². The Bertz CT molecular complexity index is 1590. The Hall–Kier alpha value is -3.59. The van der Waals surface area contributed by atoms with Gasteiger partial charge in [-0.25, -0.2) is 13.4 Å². The molecule has 5 rings (SSSR count). The number of thiazole rings is 1. The number of oxime groups is 1. The molecule has 2 aliphatic heterocycles. The predicted molar refractivity (Wildman–Crippen MR) is 144 cm³/mol. The summed E-state index contributed by atoms with van der Waals surface area (Å²) in [5.74, 6) is -1.56. The van der Waals surface area contributed by atoms with Gasteiger partial charge in [0.2, 0.25) is 10.0 Å². The molecule has 3 heterocycles. The molecule has 5 N–H and O–H groups in total. The molecule has 2 aliphatic rings. The fourth-order valence-corrected chi connectivity index (χ4v) is 7.46. The molecule has 0 radical (unpaired) electrons. The van der Waals surface area contributed by atoms with E-state index in [2.05, 4.69) is 15.5 Å². The summed E-state index contributed by atoms with van der Waals surface area (Å²) in [6.45, 7) is 2.59. The van der Waals surface area contributed by atoms with Crippen LogP contribution in [0.2, 0.25) is 0 Å². The molecule has 1 saturated heterocycles. The van der Waals surface area contributed by atoms with Gasteiger partial charge in [-0.15, -0.1) is 11.3 Å². The van der Waals surface area contributed by atoms with Crippen LogP contribution in [0.5, 0.6) is 0 Å². The van der Waals surface area contributed by atoms with Gasteiger partial charge in [0.05, 0.1) is 23.1 Å². The van der Waals surface area contributed by atoms with Crippen LogP contribution in [0.4, 0.5) is 0 Å². The SMILES string of the molecule is CC1Cc2nc(C(=O)N3CCN(S(=O)(=O)c4ccc5cc(/C(N)=N/O)ccc5c4)CC3CC(=O)O)sc2CN1. The van der Waals surface area contributed by atoms with Crippen LogP contribution in [-0.4, -0.2) is 82.4 Å². The van der Waals surface area contributed by atoms with Gasteiger partial charge in [-0.2, -0.15) is 4.31 Å². The summed E-state index contributed by atoms with van der Waals surface area (Å²) in [5, 5.41) is 26.4. The fourth-order valence-electron chi connectivity index (χ4n) is 4.96. The molecular weight excluding hydrogens is 544 g/mol. The van der Waals surface area contributed by atoms with Gasteiger partial charge in [0.25, 0.3) is 5.91 Å². The van der Waals surface area contributed by atoms with Gasteiger partial charge in [0.1, 0.15) is 0 Å². The first-order valence-corrected chi connectivity index (χ1v) is 14.6. The zero-order chi connectivity index (χ0) is 27.9. The number of hydrogen-bond donors (Lipinski definition) is 4. The van der Waals surface area contributed by atoms with Crippen LogP contribution >= 0.6 is 11.3 Å². The molecule has 1 amide bonds. The highest BCUT2D eigenvalue weighted by Crippen LogP contribution is 2.29. The third-order valence-corrected chi connectivity index (χ3v) is 9.99. The van der Waals surface area contributed by atoms with Crippen molar-refractivity contribution in [3.05, 3.63) is 57.5 Å². The molecule has 14 heteroatoms. The number of carbonyl (C=O) groups excluding carboxylic acids is 1. The zero-order valence-electron chi connectivity index (χ0n) is 21.1. The van der Waals surface area contributed by atoms with Gasteiger partial charge in [-0.05, 0) is 35.9 Å². The number of carboxylic acid groups (broad SMARTS) is 1. The van der Waals surface area contributed by atoms with E-state index < -0.39 is 28.5 Å². The van der Waals surface area contributed by atoms with E-state index in [9.17, 15) is 23.1 Å². The van der Waals surface area contributed by atoms with Gasteiger partial charge in [-0.3, -0.25) is 9.59 Å². The summed E-state index contributed by atoms with van der Waals surface area (Å²) >= 11 is 1.30. The highest BCUT2D eigenvalue weighted by atomic mass is 32.2. The number of fused-ring (bicyclic) bond motifs is 2. The molecule has 206 valence electrons. The van der Waals surface area contributed by atoms with E-state index in [1.807, 2.05) is 6.92 Å². The average molecular weight is 573 g/mol. The first-order chi connectivity index (χ1) is 18.6. The number of amides is 1. The van der Waals surface area contributed by atoms with E-state index in [0.29, 0.717) is 34.3 Å². The molecule has 1 fully saturated rings. The van der Waals surface area contributed by atoms with Crippen molar-refractivity contribution in [1.29, 1.82) is 0 Å². The second-order valence-electron chi connectivity index (χ2n) is 9.70. The number of benzene rings is 2. The zero-order valence-corrected chi connectivity index (χ0v) is 22.7. The number of aliphatic carboxylic acids is 1. The van der Waals surface area contributed by atoms with Crippen molar-refractivity contribution in [2.45, 2.75) is 43.3 Å². The molecule has 0 saturated carbocycles. The number of amidine groups is 1. The lowest BCUT2D eigenvalue weighted by Crippen LogP contribution is -2.57. The number of nitrogens with one attached hydrogen (secondary N) is 1. The van der Waals surface area contributed by atoms with E-state index in [-0.39, 0.29) is 42.3 Å². The molecule has 2 aromatic carbocycles. The largest absolute Gasteiger partial charge is 0.481 e. The van der Waals surface area contributed by atoms with Crippen molar-refractivity contribution in [2.24, 2.45) is 10.9 Å². The topological polar surface area (TPSA) is 179 Å². The lowest BCUT2D eigenvalue weighted by atomic mass is 10.1. The number of nitrogens with two attached hydrogens (primary N) is 1. The van der Waals surface area contributed by atoms with E-state index in [1.54, 1.807) is 24.3 Å². The maximum absolute atomic E-state index is 13.6. The first-order valence-electron chi connectivity index (χ1n) is 12.3. The lowest BCUT2D eigenvalue weighted by molar-refractivity contribution is -0.138. The number of aromatic nitrogens is 1. The fraction of sp³-hybridized carbons (Fsp3) is 0.360. The van der Waals surface area contributed by atoms with Gasteiger partial charge >= 0.3 is 5.97 Å². The third kappa shape index (κ3) is 5.32. The van der Waals surface area contributed by atoms with Crippen molar-refractivity contribution >= 4 is 49.8 Å². The van der Waals surface area contributed by atoms with E-state index in [0.717, 1.165) is 10.6 Å². The summed E-state index contributed by atoms with van der Waals surface area (Å²) in [6, 6.07) is 9.00. The Labute approximate surface area is 228 Å². The van der Waals surface area contributed by atoms with Crippen molar-refractivity contribution in [2.75, 3.05) is 19.6 Å². The quantitative estimate of drug-likeness (QED) is 0.147. The number of piperazine rings is 1. The Balaban J connectivity index is 1.38. The second-order valence-corrected chi connectivity index (χ2v) is 12.7. The first kappa shape index (κ1) is 27.0. The normalized spacial score (nSPS) is 20.6. The Morgan fingerprint density at radius 3 is 2.69 bits per heavy atom. The summed E-state index contributed by atoms with van der Waals surface area (Å²) in [6.07, 6.45) is 0.314. The van der Waals surface area contributed by atoms with Crippen LogP contribution in [0.15, 0.2) is 46.4 Å². The number of carbonyl (C=O) groups is 2. The molecule has 3 aromatic rings. The molecule has 2 atom stereocenters. The molecule has 2 unspecified atom stereocenters. The van der Waals surface area contributed by atoms with Crippen LogP contribution in [0, 0.1) is 0 Å². The summed E-state index contributed by atoms with van der Waals surface area (Å²) in [5.41, 5.74) is 7.02. The van der Waals surface area contributed by atoms with Gasteiger partial charge < -0.3 is 26.3 Å². The minimum Gasteiger partial charge on any atom is -0.481 e. The van der Waals surface area contributed by atoms with Crippen molar-refractivity contribution < 1.29 is 28.3 Å². The van der Waals surface area contributed by atoms with E-state index in [4.69, 9.17) is 10.9 Å². The number of rotatable bonds is 6. The third-order valence-electron chi connectivity index (χ3n) is 7.04. The van der Waals surface area contributed by atoms with E-state index >= 15 is 0 Å². The van der Waals surface area contributed by atoms with Crippen LogP contribution < -0.4 is 11.1 Å². The highest BCUT2D eigenvalue weighted by molar-refractivity contribution is 7.89. The minimum absolute atomic E-state index is 0.0222. The molecule has 1 aromatic heterocycles. The predicted octanol–water partition coefficient (Wildman–Crippen LogP) is 1.42. The summed E-state index contributed by atoms with van der Waals surface area (Å²) < 4.78 is 28.4. The smallest absolute Gasteiger partial charge is 0.305 e. The number of nitrogens with zero attached hydrogens (tertiary/aromatic N) is 4. The van der Waals surface area contributed by atoms with Gasteiger partial charge in [0, 0.05) is 49.1 Å². The van der Waals surface area contributed by atoms with Crippen LogP contribution in [0.1, 0.15) is 39.3 Å². The summed E-state index contributed by atoms with van der Waals surface area (Å²) in [7, 11) is -3.98. The molecule has 0 bridgehead atoms. The van der Waals surface area contributed by atoms with Gasteiger partial charge in [0.15, 0.2) is 10.8 Å². The maximum Gasteiger partial charge on any atom is 0.305 e. The molecule has 0 spiro atoms. The lowest BCUT2D eigenvalue weighted by Gasteiger charge is -2.39. The van der Waals surface area contributed by atoms with Crippen LogP contribution in [0.25, 0.3) is 10.8 Å². The Morgan fingerprint density at radius 2 is 1.95 bits per heavy atom. The van der Waals surface area contributed by atoms with Crippen LogP contribution in [-0.2, 0) is 27.8 Å². The Kier molecular flexibility index (Phi) is 7.29. The molecular formula is C25H28N6O6S2. The molecule has 12 nitrogen and oxygen atoms in total. The molecule has 39 heavy (non-hydrogen) atoms. The van der Waals surface area contributed by atoms with Crippen molar-refractivity contribution in [1.82, 2.24) is 19.5 Å². The number of sulfonamides is 1. The Morgan fingerprint density at radius 1 is 1.21 bits per heavy atom. The van der Waals surface area contributed by atoms with Crippen molar-refractivity contribution in [3.8, 4) is 0 Å².